The van der Waals surface area contributed by atoms with Gasteiger partial charge in [-0.3, -0.25) is 9.59 Å². The minimum absolute atomic E-state index is 0.134. The molecule has 11 heteroatoms. The Bertz CT molecular complexity index is 883. The van der Waals surface area contributed by atoms with Crippen molar-refractivity contribution in [3.05, 3.63) is 0 Å². The third-order valence-corrected chi connectivity index (χ3v) is 9.52. The van der Waals surface area contributed by atoms with Crippen LogP contribution in [0.1, 0.15) is 74.7 Å². The van der Waals surface area contributed by atoms with Crippen LogP contribution in [0.15, 0.2) is 0 Å². The van der Waals surface area contributed by atoms with E-state index in [1.807, 2.05) is 25.9 Å². The molecule has 0 bridgehead atoms. The van der Waals surface area contributed by atoms with Crippen molar-refractivity contribution in [2.75, 3.05) is 21.2 Å². The summed E-state index contributed by atoms with van der Waals surface area (Å²) in [4.78, 5) is 28.8. The van der Waals surface area contributed by atoms with E-state index in [-0.39, 0.29) is 30.8 Å². The van der Waals surface area contributed by atoms with Crippen molar-refractivity contribution in [3.63, 3.8) is 0 Å². The SMILES string of the molecule is CC[C@H]1OC(=O)[C@H](C)[C@@H](O)C(C)[C@@H](O[C@@H]2O[C@H](C)C[C@H](N(C)C)C2O)[C@](C)(OC)C[C@@H](C)C(=O)[C@H](C)[C@@H](O)[C@]1(C)O. The molecule has 14 atom stereocenters. The highest BCUT2D eigenvalue weighted by atomic mass is 16.7. The number of ether oxygens (including phenoxy) is 4. The number of aliphatic hydroxyl groups excluding tert-OH is 3. The highest BCUT2D eigenvalue weighted by molar-refractivity contribution is 5.83. The van der Waals surface area contributed by atoms with E-state index in [4.69, 9.17) is 18.9 Å². The summed E-state index contributed by atoms with van der Waals surface area (Å²) < 4.78 is 24.2. The van der Waals surface area contributed by atoms with Gasteiger partial charge in [-0.1, -0.05) is 27.7 Å². The van der Waals surface area contributed by atoms with E-state index in [0.29, 0.717) is 6.42 Å². The lowest BCUT2D eigenvalue weighted by molar-refractivity contribution is -0.301. The Morgan fingerprint density at radius 2 is 1.59 bits per heavy atom. The maximum absolute atomic E-state index is 13.6. The fourth-order valence-electron chi connectivity index (χ4n) is 6.59. The number of carbonyl (C=O) groups is 2. The maximum Gasteiger partial charge on any atom is 0.311 e. The molecule has 2 saturated heterocycles. The van der Waals surface area contributed by atoms with Crippen LogP contribution in [-0.2, 0) is 28.5 Å². The lowest BCUT2D eigenvalue weighted by Crippen LogP contribution is -2.60. The predicted octanol–water partition coefficient (Wildman–Crippen LogP) is 1.51. The minimum Gasteiger partial charge on any atom is -0.459 e. The number of likely N-dealkylation sites (N-methyl/N-ethyl adjacent to an activating group) is 1. The highest BCUT2D eigenvalue weighted by Gasteiger charge is 2.51. The van der Waals surface area contributed by atoms with E-state index in [9.17, 15) is 30.0 Å². The number of ketones is 1. The summed E-state index contributed by atoms with van der Waals surface area (Å²) in [6.45, 7) is 13.2. The molecule has 0 saturated carbocycles. The summed E-state index contributed by atoms with van der Waals surface area (Å²) in [6, 6.07) is -0.244. The zero-order valence-electron chi connectivity index (χ0n) is 26.7. The molecule has 2 fully saturated rings. The topological polar surface area (TPSA) is 155 Å². The first-order valence-corrected chi connectivity index (χ1v) is 14.9. The monoisotopic (exact) mass is 589 g/mol. The van der Waals surface area contributed by atoms with E-state index in [1.165, 1.54) is 21.0 Å². The van der Waals surface area contributed by atoms with Crippen LogP contribution in [-0.4, -0.2) is 118 Å². The number of methoxy groups -OCH3 is 1. The first kappa shape index (κ1) is 36.0. The van der Waals surface area contributed by atoms with E-state index >= 15 is 0 Å². The van der Waals surface area contributed by atoms with Crippen LogP contribution in [0.5, 0.6) is 0 Å². The molecule has 0 aliphatic carbocycles. The summed E-state index contributed by atoms with van der Waals surface area (Å²) >= 11 is 0. The third-order valence-electron chi connectivity index (χ3n) is 9.52. The van der Waals surface area contributed by atoms with Crippen LogP contribution in [0.2, 0.25) is 0 Å². The molecule has 2 aliphatic rings. The summed E-state index contributed by atoms with van der Waals surface area (Å²) in [5.41, 5.74) is -3.11. The van der Waals surface area contributed by atoms with Crippen molar-refractivity contribution in [2.24, 2.45) is 23.7 Å². The fraction of sp³-hybridized carbons (Fsp3) is 0.933. The first-order valence-electron chi connectivity index (χ1n) is 14.9. The van der Waals surface area contributed by atoms with Gasteiger partial charge >= 0.3 is 5.97 Å². The molecule has 0 aromatic rings. The van der Waals surface area contributed by atoms with E-state index in [2.05, 4.69) is 0 Å². The van der Waals surface area contributed by atoms with E-state index in [0.717, 1.165) is 0 Å². The predicted molar refractivity (Wildman–Crippen MR) is 152 cm³/mol. The van der Waals surface area contributed by atoms with Gasteiger partial charge in [-0.25, -0.2) is 0 Å². The number of hydrogen-bond acceptors (Lipinski definition) is 11. The summed E-state index contributed by atoms with van der Waals surface area (Å²) in [5.74, 6) is -4.49. The molecule has 4 N–H and O–H groups in total. The highest BCUT2D eigenvalue weighted by Crippen LogP contribution is 2.39. The van der Waals surface area contributed by atoms with Gasteiger partial charge in [-0.05, 0) is 61.1 Å². The van der Waals surface area contributed by atoms with Crippen molar-refractivity contribution >= 4 is 11.8 Å². The van der Waals surface area contributed by atoms with Crippen molar-refractivity contribution in [3.8, 4) is 0 Å². The lowest BCUT2D eigenvalue weighted by Gasteiger charge is -2.48. The second-order valence-corrected chi connectivity index (χ2v) is 13.1. The summed E-state index contributed by atoms with van der Waals surface area (Å²) in [7, 11) is 5.21. The van der Waals surface area contributed by atoms with Crippen LogP contribution in [0.3, 0.4) is 0 Å². The molecule has 41 heavy (non-hydrogen) atoms. The third kappa shape index (κ3) is 7.67. The Kier molecular flexibility index (Phi) is 12.4. The fourth-order valence-corrected chi connectivity index (χ4v) is 6.59. The van der Waals surface area contributed by atoms with Gasteiger partial charge in [0.15, 0.2) is 6.29 Å². The number of hydrogen-bond donors (Lipinski definition) is 4. The van der Waals surface area contributed by atoms with Crippen molar-refractivity contribution in [1.29, 1.82) is 0 Å². The van der Waals surface area contributed by atoms with Crippen LogP contribution >= 0.6 is 0 Å². The molecule has 0 aromatic carbocycles. The van der Waals surface area contributed by atoms with Gasteiger partial charge in [-0.2, -0.15) is 0 Å². The molecule has 240 valence electrons. The van der Waals surface area contributed by atoms with Crippen LogP contribution in [0, 0.1) is 23.7 Å². The van der Waals surface area contributed by atoms with Gasteiger partial charge in [-0.15, -0.1) is 0 Å². The average molecular weight is 590 g/mol. The maximum atomic E-state index is 13.6. The lowest BCUT2D eigenvalue weighted by atomic mass is 9.74. The Hall–Kier alpha value is -1.18. The smallest absolute Gasteiger partial charge is 0.311 e. The number of carbonyl (C=O) groups excluding carboxylic acids is 2. The van der Waals surface area contributed by atoms with Gasteiger partial charge in [0.2, 0.25) is 0 Å². The molecule has 2 aliphatic heterocycles. The molecule has 11 nitrogen and oxygen atoms in total. The first-order chi connectivity index (χ1) is 18.8. The number of cyclic esters (lactones) is 1. The van der Waals surface area contributed by atoms with Crippen molar-refractivity contribution in [2.45, 2.75) is 135 Å². The Balaban J connectivity index is 2.60. The second-order valence-electron chi connectivity index (χ2n) is 13.1. The number of esters is 1. The molecule has 2 unspecified atom stereocenters. The Morgan fingerprint density at radius 3 is 2.10 bits per heavy atom. The van der Waals surface area contributed by atoms with Gasteiger partial charge < -0.3 is 44.3 Å². The average Bonchev–Trinajstić information content (AvgIpc) is 2.92. The second kappa shape index (κ2) is 14.1. The van der Waals surface area contributed by atoms with Gasteiger partial charge in [0, 0.05) is 30.9 Å². The summed E-state index contributed by atoms with van der Waals surface area (Å²) in [6.07, 6.45) is -6.25. The van der Waals surface area contributed by atoms with Crippen LogP contribution in [0.4, 0.5) is 0 Å². The molecule has 2 rings (SSSR count). The number of Topliss-reactive ketones (excluding diaryl/α,β-unsaturated/α-hetero) is 1. The standard InChI is InChI=1S/C30H55NO10/c1-12-21-30(8,37)25(35)17(4)22(32)15(2)14-29(7,38-11)26(18(5)23(33)19(6)27(36)40-21)41-28-24(34)20(31(9)10)13-16(3)39-28/h15-21,23-26,28,33-35,37H,12-14H2,1-11H3/t15-,16-,17+,18?,19-,20+,21-,23+,24?,25-,26-,28+,29-,30-/m1/s1. The Labute approximate surface area is 245 Å². The van der Waals surface area contributed by atoms with Gasteiger partial charge in [0.05, 0.1) is 35.9 Å². The van der Waals surface area contributed by atoms with E-state index < -0.39 is 77.7 Å². The zero-order valence-corrected chi connectivity index (χ0v) is 26.7. The molecule has 2 heterocycles. The molecular formula is C30H55NO10. The normalized spacial score (nSPS) is 47.6. The largest absolute Gasteiger partial charge is 0.459 e. The van der Waals surface area contributed by atoms with Gasteiger partial charge in [0.25, 0.3) is 0 Å². The van der Waals surface area contributed by atoms with Gasteiger partial charge in [0.1, 0.15) is 23.6 Å². The number of rotatable bonds is 5. The van der Waals surface area contributed by atoms with E-state index in [1.54, 1.807) is 34.6 Å². The molecule has 0 amide bonds. The Morgan fingerprint density at radius 1 is 1.00 bits per heavy atom. The molecule has 0 spiro atoms. The van der Waals surface area contributed by atoms with Crippen LogP contribution in [0.25, 0.3) is 0 Å². The number of aliphatic hydroxyl groups is 4. The molecule has 0 aromatic heterocycles. The van der Waals surface area contributed by atoms with Crippen molar-refractivity contribution in [1.82, 2.24) is 4.90 Å². The van der Waals surface area contributed by atoms with Crippen molar-refractivity contribution < 1.29 is 49.0 Å². The van der Waals surface area contributed by atoms with Crippen LogP contribution < -0.4 is 0 Å². The zero-order chi connectivity index (χ0) is 31.6. The number of nitrogens with zero attached hydrogens (tertiary/aromatic N) is 1. The quantitative estimate of drug-likeness (QED) is 0.345. The molecular weight excluding hydrogens is 534 g/mol. The molecule has 0 radical (unpaired) electrons. The minimum atomic E-state index is -1.91. The summed E-state index contributed by atoms with van der Waals surface area (Å²) in [5, 5.41) is 45.1.